The highest BCUT2D eigenvalue weighted by atomic mass is 32.2. The van der Waals surface area contributed by atoms with Crippen molar-refractivity contribution in [2.75, 3.05) is 6.54 Å². The second-order valence-electron chi connectivity index (χ2n) is 5.51. The van der Waals surface area contributed by atoms with E-state index in [1.54, 1.807) is 35.5 Å². The molecule has 0 amide bonds. The standard InChI is InChI=1S/C14H21NO3S/c1-10-8-11(2)15(9-10)19(17,18)14-6-4-13(5-7-14)12(3)16/h4-7,10-12,16H,8-9H2,1-3H3. The number of benzene rings is 1. The second-order valence-corrected chi connectivity index (χ2v) is 7.40. The number of nitrogens with zero attached hydrogens (tertiary/aromatic N) is 1. The summed E-state index contributed by atoms with van der Waals surface area (Å²) >= 11 is 0. The first-order valence-corrected chi connectivity index (χ1v) is 8.06. The minimum atomic E-state index is -3.41. The quantitative estimate of drug-likeness (QED) is 0.925. The Hall–Kier alpha value is -0.910. The van der Waals surface area contributed by atoms with Crippen LogP contribution in [-0.2, 0) is 10.0 Å². The van der Waals surface area contributed by atoms with Gasteiger partial charge < -0.3 is 5.11 Å². The molecule has 3 atom stereocenters. The highest BCUT2D eigenvalue weighted by Crippen LogP contribution is 2.29. The number of aliphatic hydroxyl groups excluding tert-OH is 1. The number of aliphatic hydroxyl groups is 1. The molecule has 1 aromatic carbocycles. The molecule has 5 heteroatoms. The molecule has 19 heavy (non-hydrogen) atoms. The monoisotopic (exact) mass is 283 g/mol. The fourth-order valence-corrected chi connectivity index (χ4v) is 4.41. The van der Waals surface area contributed by atoms with E-state index < -0.39 is 16.1 Å². The maximum Gasteiger partial charge on any atom is 0.243 e. The van der Waals surface area contributed by atoms with Crippen LogP contribution in [-0.4, -0.2) is 30.4 Å². The summed E-state index contributed by atoms with van der Waals surface area (Å²) in [6.45, 7) is 6.27. The van der Waals surface area contributed by atoms with Crippen LogP contribution in [0.3, 0.4) is 0 Å². The van der Waals surface area contributed by atoms with Crippen LogP contribution >= 0.6 is 0 Å². The van der Waals surface area contributed by atoms with Crippen molar-refractivity contribution < 1.29 is 13.5 Å². The third kappa shape index (κ3) is 2.83. The Morgan fingerprint density at radius 3 is 2.26 bits per heavy atom. The lowest BCUT2D eigenvalue weighted by Gasteiger charge is -2.21. The van der Waals surface area contributed by atoms with E-state index in [-0.39, 0.29) is 6.04 Å². The zero-order valence-electron chi connectivity index (χ0n) is 11.6. The van der Waals surface area contributed by atoms with Gasteiger partial charge in [0.25, 0.3) is 0 Å². The lowest BCUT2D eigenvalue weighted by Crippen LogP contribution is -2.33. The fourth-order valence-electron chi connectivity index (χ4n) is 2.65. The molecular formula is C14H21NO3S. The SMILES string of the molecule is CC1CC(C)N(S(=O)(=O)c2ccc(C(C)O)cc2)C1. The maximum atomic E-state index is 12.5. The van der Waals surface area contributed by atoms with Crippen molar-refractivity contribution in [3.05, 3.63) is 29.8 Å². The van der Waals surface area contributed by atoms with Crippen molar-refractivity contribution in [2.45, 2.75) is 44.2 Å². The number of hydrogen-bond acceptors (Lipinski definition) is 3. The van der Waals surface area contributed by atoms with Crippen LogP contribution in [0.2, 0.25) is 0 Å². The van der Waals surface area contributed by atoms with Crippen LogP contribution < -0.4 is 0 Å². The van der Waals surface area contributed by atoms with Gasteiger partial charge in [0.1, 0.15) is 0 Å². The first-order chi connectivity index (χ1) is 8.82. The van der Waals surface area contributed by atoms with E-state index in [1.165, 1.54) is 0 Å². The summed E-state index contributed by atoms with van der Waals surface area (Å²) in [5.74, 6) is 0.404. The number of hydrogen-bond donors (Lipinski definition) is 1. The molecule has 1 heterocycles. The molecule has 0 saturated carbocycles. The van der Waals surface area contributed by atoms with Crippen molar-refractivity contribution in [2.24, 2.45) is 5.92 Å². The summed E-state index contributed by atoms with van der Waals surface area (Å²) < 4.78 is 26.6. The molecule has 1 N–H and O–H groups in total. The Labute approximate surface area is 115 Å². The Bertz CT molecular complexity index is 536. The van der Waals surface area contributed by atoms with Crippen LogP contribution in [0.4, 0.5) is 0 Å². The van der Waals surface area contributed by atoms with E-state index in [0.29, 0.717) is 17.4 Å². The summed E-state index contributed by atoms with van der Waals surface area (Å²) in [7, 11) is -3.41. The summed E-state index contributed by atoms with van der Waals surface area (Å²) in [6, 6.07) is 6.54. The van der Waals surface area contributed by atoms with Gasteiger partial charge in [-0.2, -0.15) is 4.31 Å². The molecule has 0 spiro atoms. The van der Waals surface area contributed by atoms with Gasteiger partial charge in [-0.15, -0.1) is 0 Å². The molecule has 0 aromatic heterocycles. The Kier molecular flexibility index (Phi) is 3.99. The molecule has 3 unspecified atom stereocenters. The topological polar surface area (TPSA) is 57.6 Å². The Morgan fingerprint density at radius 1 is 1.26 bits per heavy atom. The fraction of sp³-hybridized carbons (Fsp3) is 0.571. The van der Waals surface area contributed by atoms with Gasteiger partial charge in [0.2, 0.25) is 10.0 Å². The summed E-state index contributed by atoms with van der Waals surface area (Å²) in [6.07, 6.45) is 0.327. The van der Waals surface area contributed by atoms with Crippen LogP contribution in [0, 0.1) is 5.92 Å². The third-order valence-corrected chi connectivity index (χ3v) is 5.69. The van der Waals surface area contributed by atoms with Crippen molar-refractivity contribution >= 4 is 10.0 Å². The lowest BCUT2D eigenvalue weighted by atomic mass is 10.1. The third-order valence-electron chi connectivity index (χ3n) is 3.70. The van der Waals surface area contributed by atoms with Crippen molar-refractivity contribution in [1.82, 2.24) is 4.31 Å². The molecule has 4 nitrogen and oxygen atoms in total. The largest absolute Gasteiger partial charge is 0.389 e. The van der Waals surface area contributed by atoms with Crippen LogP contribution in [0.15, 0.2) is 29.2 Å². The first kappa shape index (κ1) is 14.5. The molecular weight excluding hydrogens is 262 g/mol. The van der Waals surface area contributed by atoms with Gasteiger partial charge >= 0.3 is 0 Å². The van der Waals surface area contributed by atoms with Crippen molar-refractivity contribution in [1.29, 1.82) is 0 Å². The van der Waals surface area contributed by atoms with Gasteiger partial charge in [0, 0.05) is 12.6 Å². The van der Waals surface area contributed by atoms with E-state index in [4.69, 9.17) is 0 Å². The first-order valence-electron chi connectivity index (χ1n) is 6.62. The zero-order valence-corrected chi connectivity index (χ0v) is 12.4. The maximum absolute atomic E-state index is 12.5. The Balaban J connectivity index is 2.29. The summed E-state index contributed by atoms with van der Waals surface area (Å²) in [4.78, 5) is 0.304. The van der Waals surface area contributed by atoms with Crippen molar-refractivity contribution in [3.8, 4) is 0 Å². The summed E-state index contributed by atoms with van der Waals surface area (Å²) in [5.41, 5.74) is 0.724. The minimum absolute atomic E-state index is 0.0523. The molecule has 0 aliphatic carbocycles. The van der Waals surface area contributed by atoms with Crippen LogP contribution in [0.1, 0.15) is 38.9 Å². The van der Waals surface area contributed by atoms with E-state index in [1.807, 2.05) is 6.92 Å². The average molecular weight is 283 g/mol. The molecule has 0 bridgehead atoms. The normalized spacial score (nSPS) is 26.5. The van der Waals surface area contributed by atoms with Gasteiger partial charge in [-0.25, -0.2) is 8.42 Å². The lowest BCUT2D eigenvalue weighted by molar-refractivity contribution is 0.199. The predicted molar refractivity (Wildman–Crippen MR) is 74.2 cm³/mol. The molecule has 1 aromatic rings. The molecule has 106 valence electrons. The van der Waals surface area contributed by atoms with Gasteiger partial charge in [-0.3, -0.25) is 0 Å². The van der Waals surface area contributed by atoms with E-state index in [2.05, 4.69) is 6.92 Å². The molecule has 1 saturated heterocycles. The molecule has 0 radical (unpaired) electrons. The van der Waals surface area contributed by atoms with E-state index >= 15 is 0 Å². The van der Waals surface area contributed by atoms with E-state index in [9.17, 15) is 13.5 Å². The predicted octanol–water partition coefficient (Wildman–Crippen LogP) is 2.16. The summed E-state index contributed by atoms with van der Waals surface area (Å²) in [5, 5.41) is 9.45. The van der Waals surface area contributed by atoms with Gasteiger partial charge in [0.15, 0.2) is 0 Å². The zero-order chi connectivity index (χ0) is 14.2. The molecule has 1 aliphatic heterocycles. The van der Waals surface area contributed by atoms with E-state index in [0.717, 1.165) is 12.0 Å². The molecule has 2 rings (SSSR count). The van der Waals surface area contributed by atoms with Gasteiger partial charge in [-0.05, 0) is 43.9 Å². The average Bonchev–Trinajstić information content (AvgIpc) is 2.69. The van der Waals surface area contributed by atoms with Crippen LogP contribution in [0.25, 0.3) is 0 Å². The number of sulfonamides is 1. The molecule has 1 fully saturated rings. The highest BCUT2D eigenvalue weighted by molar-refractivity contribution is 7.89. The van der Waals surface area contributed by atoms with Crippen molar-refractivity contribution in [3.63, 3.8) is 0 Å². The smallest absolute Gasteiger partial charge is 0.243 e. The molecule has 1 aliphatic rings. The minimum Gasteiger partial charge on any atom is -0.389 e. The highest BCUT2D eigenvalue weighted by Gasteiger charge is 2.35. The van der Waals surface area contributed by atoms with Gasteiger partial charge in [0.05, 0.1) is 11.0 Å². The second kappa shape index (κ2) is 5.23. The van der Waals surface area contributed by atoms with Crippen LogP contribution in [0.5, 0.6) is 0 Å². The number of rotatable bonds is 3. The van der Waals surface area contributed by atoms with Gasteiger partial charge in [-0.1, -0.05) is 19.1 Å². The Morgan fingerprint density at radius 2 is 1.84 bits per heavy atom.